The Bertz CT molecular complexity index is 536. The van der Waals surface area contributed by atoms with Gasteiger partial charge in [0.25, 0.3) is 9.05 Å². The third-order valence-electron chi connectivity index (χ3n) is 1.64. The first kappa shape index (κ1) is 12.3. The minimum atomic E-state index is -3.96. The van der Waals surface area contributed by atoms with Gasteiger partial charge >= 0.3 is 0 Å². The van der Waals surface area contributed by atoms with Crippen molar-refractivity contribution in [3.8, 4) is 11.8 Å². The van der Waals surface area contributed by atoms with E-state index in [1.807, 2.05) is 0 Å². The van der Waals surface area contributed by atoms with E-state index in [9.17, 15) is 8.42 Å². The Morgan fingerprint density at radius 1 is 1.53 bits per heavy atom. The van der Waals surface area contributed by atoms with Crippen LogP contribution in [0.3, 0.4) is 0 Å². The highest BCUT2D eigenvalue weighted by Gasteiger charge is 2.19. The van der Waals surface area contributed by atoms with Crippen LogP contribution in [0.25, 0.3) is 0 Å². The van der Waals surface area contributed by atoms with Crippen molar-refractivity contribution in [1.29, 1.82) is 5.26 Å². The number of hydrogen-bond donors (Lipinski definition) is 0. The molecule has 1 rings (SSSR count). The van der Waals surface area contributed by atoms with E-state index in [1.165, 1.54) is 19.2 Å². The highest BCUT2D eigenvalue weighted by Crippen LogP contribution is 2.31. The van der Waals surface area contributed by atoms with E-state index in [1.54, 1.807) is 6.07 Å². The quantitative estimate of drug-likeness (QED) is 0.786. The van der Waals surface area contributed by atoms with E-state index >= 15 is 0 Å². The van der Waals surface area contributed by atoms with Crippen molar-refractivity contribution in [2.24, 2.45) is 0 Å². The van der Waals surface area contributed by atoms with Crippen LogP contribution >= 0.6 is 26.6 Å². The van der Waals surface area contributed by atoms with Gasteiger partial charge in [-0.2, -0.15) is 5.26 Å². The minimum absolute atomic E-state index is 0.0363. The lowest BCUT2D eigenvalue weighted by Gasteiger charge is -2.05. The van der Waals surface area contributed by atoms with E-state index in [4.69, 9.17) is 20.7 Å². The Labute approximate surface area is 100.0 Å². The molecule has 80 valence electrons. The summed E-state index contributed by atoms with van der Waals surface area (Å²) in [5.41, 5.74) is -0.0363. The zero-order valence-corrected chi connectivity index (χ0v) is 10.6. The van der Waals surface area contributed by atoms with Gasteiger partial charge in [-0.05, 0) is 22.0 Å². The molecule has 15 heavy (non-hydrogen) atoms. The summed E-state index contributed by atoms with van der Waals surface area (Å²) in [5.74, 6) is 0.306. The Kier molecular flexibility index (Phi) is 3.60. The molecule has 0 spiro atoms. The normalized spacial score (nSPS) is 10.8. The van der Waals surface area contributed by atoms with Crippen LogP contribution in [-0.4, -0.2) is 15.5 Å². The molecule has 7 heteroatoms. The topological polar surface area (TPSA) is 67.2 Å². The molecule has 0 aromatic heterocycles. The van der Waals surface area contributed by atoms with Crippen LogP contribution in [0, 0.1) is 11.3 Å². The molecule has 0 aliphatic carbocycles. The van der Waals surface area contributed by atoms with Crippen LogP contribution in [0.1, 0.15) is 5.56 Å². The molecule has 0 heterocycles. The molecule has 0 saturated carbocycles. The van der Waals surface area contributed by atoms with Crippen LogP contribution in [0.4, 0.5) is 0 Å². The third kappa shape index (κ3) is 2.62. The van der Waals surface area contributed by atoms with Gasteiger partial charge in [-0.15, -0.1) is 0 Å². The highest BCUT2D eigenvalue weighted by molar-refractivity contribution is 9.10. The van der Waals surface area contributed by atoms with Gasteiger partial charge in [0, 0.05) is 21.2 Å². The van der Waals surface area contributed by atoms with Crippen LogP contribution in [0.5, 0.6) is 5.75 Å². The van der Waals surface area contributed by atoms with E-state index in [2.05, 4.69) is 15.9 Å². The summed E-state index contributed by atoms with van der Waals surface area (Å²) in [6.45, 7) is 0. The predicted molar refractivity (Wildman–Crippen MR) is 58.4 cm³/mol. The molecule has 0 amide bonds. The molecule has 0 atom stereocenters. The summed E-state index contributed by atoms with van der Waals surface area (Å²) in [6, 6.07) is 4.45. The molecule has 0 radical (unpaired) electrons. The molecular formula is C8H5BrClNO3S. The fourth-order valence-corrected chi connectivity index (χ4v) is 2.66. The largest absolute Gasteiger partial charge is 0.497 e. The maximum atomic E-state index is 11.2. The van der Waals surface area contributed by atoms with Crippen molar-refractivity contribution in [3.63, 3.8) is 0 Å². The number of hydrogen-bond acceptors (Lipinski definition) is 4. The molecule has 1 aromatic rings. The minimum Gasteiger partial charge on any atom is -0.497 e. The molecular weight excluding hydrogens is 306 g/mol. The van der Waals surface area contributed by atoms with Gasteiger partial charge in [-0.1, -0.05) is 0 Å². The van der Waals surface area contributed by atoms with E-state index in [-0.39, 0.29) is 10.5 Å². The van der Waals surface area contributed by atoms with Crippen molar-refractivity contribution in [3.05, 3.63) is 22.2 Å². The summed E-state index contributed by atoms with van der Waals surface area (Å²) in [5, 5.41) is 8.78. The molecule has 0 N–H and O–H groups in total. The first-order chi connectivity index (χ1) is 6.90. The van der Waals surface area contributed by atoms with Gasteiger partial charge < -0.3 is 4.74 Å². The first-order valence-electron chi connectivity index (χ1n) is 3.62. The molecule has 0 bridgehead atoms. The number of nitriles is 1. The van der Waals surface area contributed by atoms with Gasteiger partial charge in [-0.25, -0.2) is 8.42 Å². The summed E-state index contributed by atoms with van der Waals surface area (Å²) in [7, 11) is 2.61. The summed E-state index contributed by atoms with van der Waals surface area (Å²) in [6.07, 6.45) is 0. The summed E-state index contributed by atoms with van der Waals surface area (Å²) in [4.78, 5) is -0.266. The maximum absolute atomic E-state index is 11.2. The second-order valence-corrected chi connectivity index (χ2v) is 5.92. The second kappa shape index (κ2) is 4.39. The smallest absolute Gasteiger partial charge is 0.262 e. The van der Waals surface area contributed by atoms with Gasteiger partial charge in [-0.3, -0.25) is 0 Å². The third-order valence-corrected chi connectivity index (χ3v) is 3.61. The van der Waals surface area contributed by atoms with Gasteiger partial charge in [0.1, 0.15) is 16.7 Å². The van der Waals surface area contributed by atoms with E-state index < -0.39 is 9.05 Å². The number of rotatable bonds is 2. The predicted octanol–water partition coefficient (Wildman–Crippen LogP) is 2.26. The molecule has 0 aliphatic heterocycles. The van der Waals surface area contributed by atoms with Crippen molar-refractivity contribution in [2.75, 3.05) is 7.11 Å². The zero-order chi connectivity index (χ0) is 11.6. The Balaban J connectivity index is 3.63. The Hall–Kier alpha value is -0.770. The van der Waals surface area contributed by atoms with Crippen LogP contribution in [0.15, 0.2) is 21.5 Å². The molecule has 0 saturated heterocycles. The zero-order valence-electron chi connectivity index (χ0n) is 7.49. The maximum Gasteiger partial charge on any atom is 0.262 e. The van der Waals surface area contributed by atoms with E-state index in [0.717, 1.165) is 0 Å². The van der Waals surface area contributed by atoms with Crippen molar-refractivity contribution in [1.82, 2.24) is 0 Å². The molecule has 1 aromatic carbocycles. The van der Waals surface area contributed by atoms with Crippen molar-refractivity contribution >= 4 is 35.7 Å². The average Bonchev–Trinajstić information content (AvgIpc) is 2.15. The van der Waals surface area contributed by atoms with Gasteiger partial charge in [0.2, 0.25) is 0 Å². The lowest BCUT2D eigenvalue weighted by Crippen LogP contribution is -1.97. The number of methoxy groups -OCH3 is 1. The Morgan fingerprint density at radius 2 is 2.13 bits per heavy atom. The lowest BCUT2D eigenvalue weighted by atomic mass is 10.2. The van der Waals surface area contributed by atoms with Crippen molar-refractivity contribution < 1.29 is 13.2 Å². The number of halogens is 2. The number of benzene rings is 1. The monoisotopic (exact) mass is 309 g/mol. The van der Waals surface area contributed by atoms with Crippen molar-refractivity contribution in [2.45, 2.75) is 4.90 Å². The fourth-order valence-electron chi connectivity index (χ4n) is 0.976. The Morgan fingerprint density at radius 3 is 2.53 bits per heavy atom. The average molecular weight is 311 g/mol. The lowest BCUT2D eigenvalue weighted by molar-refractivity contribution is 0.413. The summed E-state index contributed by atoms with van der Waals surface area (Å²) < 4.78 is 27.5. The van der Waals surface area contributed by atoms with Crippen LogP contribution in [0.2, 0.25) is 0 Å². The molecule has 0 unspecified atom stereocenters. The SMILES string of the molecule is COc1cc(Br)c(C#N)c(S(=O)(=O)Cl)c1. The van der Waals surface area contributed by atoms with Crippen LogP contribution in [-0.2, 0) is 9.05 Å². The highest BCUT2D eigenvalue weighted by atomic mass is 79.9. The van der Waals surface area contributed by atoms with Gasteiger partial charge in [0.15, 0.2) is 0 Å². The molecule has 0 fully saturated rings. The first-order valence-corrected chi connectivity index (χ1v) is 6.72. The molecule has 4 nitrogen and oxygen atoms in total. The molecule has 0 aliphatic rings. The number of nitrogens with zero attached hydrogens (tertiary/aromatic N) is 1. The second-order valence-electron chi connectivity index (χ2n) is 2.53. The number of ether oxygens (including phenoxy) is 1. The standard InChI is InChI=1S/C8H5BrClNO3S/c1-14-5-2-7(9)6(4-11)8(3-5)15(10,12)13/h2-3H,1H3. The van der Waals surface area contributed by atoms with Crippen LogP contribution < -0.4 is 4.74 Å². The summed E-state index contributed by atoms with van der Waals surface area (Å²) >= 11 is 3.07. The van der Waals surface area contributed by atoms with E-state index in [0.29, 0.717) is 10.2 Å². The fraction of sp³-hybridized carbons (Fsp3) is 0.125. The van der Waals surface area contributed by atoms with Gasteiger partial charge in [0.05, 0.1) is 12.7 Å².